The number of benzene rings is 1. The first-order valence-electron chi connectivity index (χ1n) is 5.99. The summed E-state index contributed by atoms with van der Waals surface area (Å²) >= 11 is 0. The van der Waals surface area contributed by atoms with Gasteiger partial charge in [-0.15, -0.1) is 0 Å². The first-order chi connectivity index (χ1) is 8.20. The van der Waals surface area contributed by atoms with Crippen LogP contribution < -0.4 is 0 Å². The molecular weight excluding hydrogens is 224 g/mol. The first kappa shape index (κ1) is 12.5. The van der Waals surface area contributed by atoms with Crippen molar-refractivity contribution < 1.29 is 13.9 Å². The minimum Gasteiger partial charge on any atom is -0.395 e. The van der Waals surface area contributed by atoms with Crippen molar-refractivity contribution in [1.82, 2.24) is 4.90 Å². The van der Waals surface area contributed by atoms with Gasteiger partial charge >= 0.3 is 0 Å². The lowest BCUT2D eigenvalue weighted by Crippen LogP contribution is -2.41. The summed E-state index contributed by atoms with van der Waals surface area (Å²) < 4.78 is 26.5. The Kier molecular flexibility index (Phi) is 4.07. The predicted molar refractivity (Wildman–Crippen MR) is 61.5 cm³/mol. The minimum absolute atomic E-state index is 0.0754. The highest BCUT2D eigenvalue weighted by Crippen LogP contribution is 2.20. The predicted octanol–water partition coefficient (Wildman–Crippen LogP) is 2.31. The van der Waals surface area contributed by atoms with Crippen LogP contribution in [-0.2, 0) is 6.54 Å². The van der Waals surface area contributed by atoms with Crippen LogP contribution in [0.4, 0.5) is 8.78 Å². The third kappa shape index (κ3) is 3.01. The summed E-state index contributed by atoms with van der Waals surface area (Å²) in [4.78, 5) is 2.03. The molecule has 2 nitrogen and oxygen atoms in total. The van der Waals surface area contributed by atoms with Crippen molar-refractivity contribution in [2.24, 2.45) is 0 Å². The second-order valence-electron chi connectivity index (χ2n) is 4.54. The fourth-order valence-corrected chi connectivity index (χ4v) is 2.36. The van der Waals surface area contributed by atoms with Gasteiger partial charge < -0.3 is 5.11 Å². The van der Waals surface area contributed by atoms with Crippen LogP contribution in [0.3, 0.4) is 0 Å². The van der Waals surface area contributed by atoms with Gasteiger partial charge in [-0.25, -0.2) is 8.78 Å². The molecule has 0 radical (unpaired) electrons. The van der Waals surface area contributed by atoms with Gasteiger partial charge in [0, 0.05) is 18.2 Å². The third-order valence-corrected chi connectivity index (χ3v) is 3.34. The van der Waals surface area contributed by atoms with Gasteiger partial charge in [0.05, 0.1) is 6.61 Å². The molecule has 1 N–H and O–H groups in total. The smallest absolute Gasteiger partial charge is 0.127 e. The molecule has 0 aliphatic carbocycles. The Morgan fingerprint density at radius 3 is 2.88 bits per heavy atom. The monoisotopic (exact) mass is 241 g/mol. The number of rotatable bonds is 3. The van der Waals surface area contributed by atoms with E-state index in [1.54, 1.807) is 0 Å². The maximum atomic E-state index is 13.5. The minimum atomic E-state index is -0.418. The molecule has 1 heterocycles. The van der Waals surface area contributed by atoms with E-state index in [0.717, 1.165) is 37.9 Å². The van der Waals surface area contributed by atoms with E-state index in [2.05, 4.69) is 0 Å². The molecule has 1 aromatic rings. The van der Waals surface area contributed by atoms with Crippen LogP contribution >= 0.6 is 0 Å². The molecule has 1 aliphatic heterocycles. The summed E-state index contributed by atoms with van der Waals surface area (Å²) in [6.07, 6.45) is 3.06. The lowest BCUT2D eigenvalue weighted by molar-refractivity contribution is 0.0831. The highest BCUT2D eigenvalue weighted by atomic mass is 19.1. The number of nitrogens with zero attached hydrogens (tertiary/aromatic N) is 1. The van der Waals surface area contributed by atoms with E-state index in [9.17, 15) is 13.9 Å². The molecule has 1 atom stereocenters. The van der Waals surface area contributed by atoms with E-state index in [0.29, 0.717) is 12.1 Å². The van der Waals surface area contributed by atoms with Gasteiger partial charge in [-0.1, -0.05) is 6.42 Å². The van der Waals surface area contributed by atoms with Crippen molar-refractivity contribution in [1.29, 1.82) is 0 Å². The molecule has 1 aromatic carbocycles. The Labute approximate surface area is 99.9 Å². The van der Waals surface area contributed by atoms with Gasteiger partial charge in [0.2, 0.25) is 0 Å². The van der Waals surface area contributed by atoms with E-state index < -0.39 is 5.82 Å². The molecule has 0 amide bonds. The lowest BCUT2D eigenvalue weighted by atomic mass is 10.0. The highest BCUT2D eigenvalue weighted by molar-refractivity contribution is 5.18. The first-order valence-corrected chi connectivity index (χ1v) is 5.99. The summed E-state index contributed by atoms with van der Waals surface area (Å²) in [5.74, 6) is -0.798. The number of hydrogen-bond donors (Lipinski definition) is 1. The standard InChI is InChI=1S/C13H17F2NO/c14-11-4-5-13(15)10(7-11)8-16-6-2-1-3-12(16)9-17/h4-5,7,12,17H,1-3,6,8-9H2/t12-/m1/s1. The van der Waals surface area contributed by atoms with Gasteiger partial charge in [-0.2, -0.15) is 0 Å². The van der Waals surface area contributed by atoms with Crippen molar-refractivity contribution in [3.05, 3.63) is 35.4 Å². The summed E-state index contributed by atoms with van der Waals surface area (Å²) in [5, 5.41) is 9.25. The number of halogens is 2. The zero-order chi connectivity index (χ0) is 12.3. The molecule has 4 heteroatoms. The van der Waals surface area contributed by atoms with E-state index >= 15 is 0 Å². The molecule has 0 aromatic heterocycles. The molecule has 1 fully saturated rings. The Hall–Kier alpha value is -1.00. The van der Waals surface area contributed by atoms with Crippen LogP contribution in [0.5, 0.6) is 0 Å². The largest absolute Gasteiger partial charge is 0.395 e. The number of piperidine rings is 1. The van der Waals surface area contributed by atoms with Gasteiger partial charge in [0.25, 0.3) is 0 Å². The van der Waals surface area contributed by atoms with Crippen LogP contribution in [0.2, 0.25) is 0 Å². The van der Waals surface area contributed by atoms with E-state index in [4.69, 9.17) is 0 Å². The molecule has 17 heavy (non-hydrogen) atoms. The SMILES string of the molecule is OC[C@H]1CCCCN1Cc1cc(F)ccc1F. The maximum absolute atomic E-state index is 13.5. The molecule has 1 aliphatic rings. The second-order valence-corrected chi connectivity index (χ2v) is 4.54. The lowest BCUT2D eigenvalue weighted by Gasteiger charge is -2.34. The van der Waals surface area contributed by atoms with Crippen LogP contribution in [0, 0.1) is 11.6 Å². The summed E-state index contributed by atoms with van der Waals surface area (Å²) in [5.41, 5.74) is 0.366. The van der Waals surface area contributed by atoms with Gasteiger partial charge in [0.1, 0.15) is 11.6 Å². The van der Waals surface area contributed by atoms with Gasteiger partial charge in [-0.05, 0) is 37.6 Å². The Morgan fingerprint density at radius 1 is 1.29 bits per heavy atom. The fraction of sp³-hybridized carbons (Fsp3) is 0.538. The number of aliphatic hydroxyl groups is 1. The molecule has 0 saturated carbocycles. The normalized spacial score (nSPS) is 21.7. The summed E-state index contributed by atoms with van der Waals surface area (Å²) in [6.45, 7) is 1.28. The molecule has 0 unspecified atom stereocenters. The van der Waals surface area contributed by atoms with Crippen LogP contribution in [0.15, 0.2) is 18.2 Å². The summed E-state index contributed by atoms with van der Waals surface area (Å²) in [7, 11) is 0. The molecule has 0 bridgehead atoms. The van der Waals surface area contributed by atoms with Crippen molar-refractivity contribution in [2.75, 3.05) is 13.2 Å². The van der Waals surface area contributed by atoms with Crippen molar-refractivity contribution in [3.8, 4) is 0 Å². The zero-order valence-corrected chi connectivity index (χ0v) is 9.70. The van der Waals surface area contributed by atoms with Crippen LogP contribution in [0.1, 0.15) is 24.8 Å². The average molecular weight is 241 g/mol. The Balaban J connectivity index is 2.10. The van der Waals surface area contributed by atoms with E-state index in [1.807, 2.05) is 4.90 Å². The third-order valence-electron chi connectivity index (χ3n) is 3.34. The number of hydrogen-bond acceptors (Lipinski definition) is 2. The highest BCUT2D eigenvalue weighted by Gasteiger charge is 2.22. The van der Waals surface area contributed by atoms with E-state index in [1.165, 1.54) is 6.07 Å². The molecule has 0 spiro atoms. The van der Waals surface area contributed by atoms with Gasteiger partial charge in [0.15, 0.2) is 0 Å². The second kappa shape index (κ2) is 5.56. The number of aliphatic hydroxyl groups excluding tert-OH is 1. The van der Waals surface area contributed by atoms with E-state index in [-0.39, 0.29) is 18.5 Å². The quantitative estimate of drug-likeness (QED) is 0.877. The van der Waals surface area contributed by atoms with Crippen LogP contribution in [-0.4, -0.2) is 29.2 Å². The molecule has 2 rings (SSSR count). The maximum Gasteiger partial charge on any atom is 0.127 e. The topological polar surface area (TPSA) is 23.5 Å². The average Bonchev–Trinajstić information content (AvgIpc) is 2.34. The van der Waals surface area contributed by atoms with Crippen molar-refractivity contribution in [3.63, 3.8) is 0 Å². The zero-order valence-electron chi connectivity index (χ0n) is 9.70. The Morgan fingerprint density at radius 2 is 2.12 bits per heavy atom. The molecular formula is C13H17F2NO. The number of likely N-dealkylation sites (tertiary alicyclic amines) is 1. The van der Waals surface area contributed by atoms with Crippen LogP contribution in [0.25, 0.3) is 0 Å². The van der Waals surface area contributed by atoms with Gasteiger partial charge in [-0.3, -0.25) is 4.90 Å². The fourth-order valence-electron chi connectivity index (χ4n) is 2.36. The Bertz CT molecular complexity index is 384. The van der Waals surface area contributed by atoms with Crippen molar-refractivity contribution in [2.45, 2.75) is 31.8 Å². The summed E-state index contributed by atoms with van der Waals surface area (Å²) in [6, 6.07) is 3.59. The molecule has 1 saturated heterocycles. The molecule has 94 valence electrons. The van der Waals surface area contributed by atoms with Crippen molar-refractivity contribution >= 4 is 0 Å².